The maximum atomic E-state index is 10.9. The number of aromatic nitrogens is 1. The first-order valence-electron chi connectivity index (χ1n) is 6.19. The number of rotatable bonds is 2. The van der Waals surface area contributed by atoms with Gasteiger partial charge in [-0.05, 0) is 30.2 Å². The van der Waals surface area contributed by atoms with Crippen molar-refractivity contribution in [1.82, 2.24) is 4.98 Å². The second kappa shape index (κ2) is 4.65. The summed E-state index contributed by atoms with van der Waals surface area (Å²) in [5.41, 5.74) is 4.93. The van der Waals surface area contributed by atoms with Gasteiger partial charge in [0, 0.05) is 22.7 Å². The van der Waals surface area contributed by atoms with E-state index in [9.17, 15) is 4.79 Å². The number of hydrogen-bond acceptors (Lipinski definition) is 2. The maximum absolute atomic E-state index is 10.9. The molecule has 0 aliphatic heterocycles. The molecule has 0 spiro atoms. The Kier molecular flexibility index (Phi) is 2.84. The Bertz CT molecular complexity index is 757. The smallest absolute Gasteiger partial charge is 0.150 e. The van der Waals surface area contributed by atoms with Crippen LogP contribution in [0.2, 0.25) is 0 Å². The lowest BCUT2D eigenvalue weighted by atomic mass is 9.96. The largest absolute Gasteiger partial charge is 0.298 e. The molecule has 19 heavy (non-hydrogen) atoms. The lowest BCUT2D eigenvalue weighted by molar-refractivity contribution is 0.112. The summed E-state index contributed by atoms with van der Waals surface area (Å²) >= 11 is 0. The predicted molar refractivity (Wildman–Crippen MR) is 77.3 cm³/mol. The van der Waals surface area contributed by atoms with Crippen LogP contribution in [0.3, 0.4) is 0 Å². The molecule has 2 aromatic carbocycles. The monoisotopic (exact) mass is 247 g/mol. The van der Waals surface area contributed by atoms with Gasteiger partial charge in [0.25, 0.3) is 0 Å². The van der Waals surface area contributed by atoms with Gasteiger partial charge in [0.1, 0.15) is 6.29 Å². The third kappa shape index (κ3) is 2.02. The number of hydrogen-bond donors (Lipinski definition) is 0. The van der Waals surface area contributed by atoms with E-state index in [2.05, 4.69) is 4.98 Å². The highest BCUT2D eigenvalue weighted by molar-refractivity contribution is 5.95. The first kappa shape index (κ1) is 11.6. The van der Waals surface area contributed by atoms with Crippen LogP contribution in [0.15, 0.2) is 54.7 Å². The third-order valence-corrected chi connectivity index (χ3v) is 3.32. The molecule has 0 N–H and O–H groups in total. The molecule has 0 bridgehead atoms. The van der Waals surface area contributed by atoms with Crippen LogP contribution in [0, 0.1) is 6.92 Å². The number of aldehydes is 1. The van der Waals surface area contributed by atoms with Gasteiger partial charge in [0.2, 0.25) is 0 Å². The molecule has 0 saturated carbocycles. The molecule has 0 saturated heterocycles. The van der Waals surface area contributed by atoms with Crippen molar-refractivity contribution in [3.05, 3.63) is 65.9 Å². The Hall–Kier alpha value is -2.48. The van der Waals surface area contributed by atoms with Crippen LogP contribution in [-0.2, 0) is 0 Å². The summed E-state index contributed by atoms with van der Waals surface area (Å²) in [5, 5.41) is 1.11. The van der Waals surface area contributed by atoms with Crippen molar-refractivity contribution in [2.24, 2.45) is 0 Å². The van der Waals surface area contributed by atoms with Crippen LogP contribution >= 0.6 is 0 Å². The zero-order chi connectivity index (χ0) is 13.2. The fourth-order valence-electron chi connectivity index (χ4n) is 2.32. The van der Waals surface area contributed by atoms with Gasteiger partial charge in [-0.3, -0.25) is 9.78 Å². The molecule has 2 heteroatoms. The highest BCUT2D eigenvalue weighted by atomic mass is 16.1. The second-order valence-electron chi connectivity index (χ2n) is 4.57. The van der Waals surface area contributed by atoms with E-state index >= 15 is 0 Å². The van der Waals surface area contributed by atoms with Gasteiger partial charge in [-0.15, -0.1) is 0 Å². The molecule has 92 valence electrons. The average Bonchev–Trinajstić information content (AvgIpc) is 2.47. The van der Waals surface area contributed by atoms with Gasteiger partial charge >= 0.3 is 0 Å². The molecule has 0 atom stereocenters. The van der Waals surface area contributed by atoms with Gasteiger partial charge in [0.05, 0.1) is 5.52 Å². The summed E-state index contributed by atoms with van der Waals surface area (Å²) in [5.74, 6) is 0. The lowest BCUT2D eigenvalue weighted by Crippen LogP contribution is -1.90. The molecule has 3 aromatic rings. The van der Waals surface area contributed by atoms with Gasteiger partial charge in [-0.25, -0.2) is 0 Å². The number of carbonyl (C=O) groups is 1. The average molecular weight is 247 g/mol. The number of para-hydroxylation sites is 1. The van der Waals surface area contributed by atoms with Crippen molar-refractivity contribution in [1.29, 1.82) is 0 Å². The van der Waals surface area contributed by atoms with Crippen molar-refractivity contribution in [3.63, 3.8) is 0 Å². The van der Waals surface area contributed by atoms with Crippen LogP contribution in [0.4, 0.5) is 0 Å². The van der Waals surface area contributed by atoms with Crippen LogP contribution in [0.5, 0.6) is 0 Å². The number of pyridine rings is 1. The van der Waals surface area contributed by atoms with E-state index in [1.807, 2.05) is 55.5 Å². The third-order valence-electron chi connectivity index (χ3n) is 3.32. The summed E-state index contributed by atoms with van der Waals surface area (Å²) in [7, 11) is 0. The van der Waals surface area contributed by atoms with Gasteiger partial charge in [0.15, 0.2) is 0 Å². The predicted octanol–water partition coefficient (Wildman–Crippen LogP) is 4.02. The molecule has 0 fully saturated rings. The first-order chi connectivity index (χ1) is 9.29. The van der Waals surface area contributed by atoms with E-state index in [0.717, 1.165) is 33.9 Å². The molecule has 1 aromatic heterocycles. The Morgan fingerprint density at radius 1 is 1.00 bits per heavy atom. The molecule has 2 nitrogen and oxygen atoms in total. The van der Waals surface area contributed by atoms with Crippen molar-refractivity contribution >= 4 is 17.2 Å². The zero-order valence-corrected chi connectivity index (χ0v) is 10.6. The molecule has 0 aliphatic rings. The number of aryl methyl sites for hydroxylation is 1. The minimum atomic E-state index is 0.688. The van der Waals surface area contributed by atoms with Crippen molar-refractivity contribution in [2.75, 3.05) is 0 Å². The fraction of sp³-hybridized carbons (Fsp3) is 0.0588. The summed E-state index contributed by atoms with van der Waals surface area (Å²) in [6.07, 6.45) is 2.67. The molecule has 0 radical (unpaired) electrons. The Balaban J connectivity index is 2.33. The van der Waals surface area contributed by atoms with E-state index in [1.54, 1.807) is 6.20 Å². The molecular formula is C17H13NO. The number of carbonyl (C=O) groups excluding carboxylic acids is 1. The lowest BCUT2D eigenvalue weighted by Gasteiger charge is -2.09. The maximum Gasteiger partial charge on any atom is 0.150 e. The normalized spacial score (nSPS) is 10.6. The number of nitrogens with zero attached hydrogens (tertiary/aromatic N) is 1. The molecule has 0 amide bonds. The van der Waals surface area contributed by atoms with E-state index in [1.165, 1.54) is 0 Å². The molecule has 0 unspecified atom stereocenters. The van der Waals surface area contributed by atoms with Gasteiger partial charge in [-0.2, -0.15) is 0 Å². The van der Waals surface area contributed by atoms with Crippen molar-refractivity contribution in [3.8, 4) is 11.1 Å². The van der Waals surface area contributed by atoms with Crippen LogP contribution in [0.25, 0.3) is 22.0 Å². The Morgan fingerprint density at radius 3 is 2.68 bits per heavy atom. The quantitative estimate of drug-likeness (QED) is 0.640. The summed E-state index contributed by atoms with van der Waals surface area (Å²) < 4.78 is 0. The van der Waals surface area contributed by atoms with E-state index in [-0.39, 0.29) is 0 Å². The summed E-state index contributed by atoms with van der Waals surface area (Å²) in [6, 6.07) is 15.8. The summed E-state index contributed by atoms with van der Waals surface area (Å²) in [6.45, 7) is 2.05. The number of fused-ring (bicyclic) bond motifs is 1. The van der Waals surface area contributed by atoms with E-state index in [0.29, 0.717) is 5.56 Å². The van der Waals surface area contributed by atoms with Gasteiger partial charge in [-0.1, -0.05) is 36.4 Å². The SMILES string of the molecule is Cc1ccc(C=O)cc1-c1cccc2cccnc12. The molecule has 1 heterocycles. The standard InChI is InChI=1S/C17H13NO/c1-12-7-8-13(11-19)10-16(12)15-6-2-4-14-5-3-9-18-17(14)15/h2-11H,1H3. The number of benzene rings is 2. The second-order valence-corrected chi connectivity index (χ2v) is 4.57. The van der Waals surface area contributed by atoms with Crippen LogP contribution in [0.1, 0.15) is 15.9 Å². The molecule has 3 rings (SSSR count). The van der Waals surface area contributed by atoms with Crippen molar-refractivity contribution < 1.29 is 4.79 Å². The molecular weight excluding hydrogens is 234 g/mol. The van der Waals surface area contributed by atoms with E-state index < -0.39 is 0 Å². The highest BCUT2D eigenvalue weighted by Gasteiger charge is 2.08. The van der Waals surface area contributed by atoms with E-state index in [4.69, 9.17) is 0 Å². The highest BCUT2D eigenvalue weighted by Crippen LogP contribution is 2.29. The first-order valence-corrected chi connectivity index (χ1v) is 6.19. The van der Waals surface area contributed by atoms with Crippen molar-refractivity contribution in [2.45, 2.75) is 6.92 Å². The summed E-state index contributed by atoms with van der Waals surface area (Å²) in [4.78, 5) is 15.4. The van der Waals surface area contributed by atoms with Crippen LogP contribution in [-0.4, -0.2) is 11.3 Å². The fourth-order valence-corrected chi connectivity index (χ4v) is 2.32. The topological polar surface area (TPSA) is 30.0 Å². The van der Waals surface area contributed by atoms with Gasteiger partial charge < -0.3 is 0 Å². The Morgan fingerprint density at radius 2 is 1.84 bits per heavy atom. The Labute approximate surface area is 111 Å². The minimum absolute atomic E-state index is 0.688. The zero-order valence-electron chi connectivity index (χ0n) is 10.6. The minimum Gasteiger partial charge on any atom is -0.298 e. The molecule has 0 aliphatic carbocycles. The van der Waals surface area contributed by atoms with Crippen LogP contribution < -0.4 is 0 Å².